The van der Waals surface area contributed by atoms with E-state index in [0.717, 1.165) is 17.3 Å². The summed E-state index contributed by atoms with van der Waals surface area (Å²) in [5, 5.41) is 2.70. The fourth-order valence-electron chi connectivity index (χ4n) is 1.84. The van der Waals surface area contributed by atoms with Crippen molar-refractivity contribution in [3.8, 4) is 0 Å². The number of benzene rings is 1. The van der Waals surface area contributed by atoms with Crippen molar-refractivity contribution in [1.82, 2.24) is 15.3 Å². The first kappa shape index (κ1) is 12.2. The number of para-hydroxylation sites is 2. The van der Waals surface area contributed by atoms with Crippen molar-refractivity contribution in [3.63, 3.8) is 0 Å². The van der Waals surface area contributed by atoms with Crippen LogP contribution >= 0.6 is 0 Å². The Bertz CT molecular complexity index is 766. The third-order valence-corrected chi connectivity index (χ3v) is 2.82. The predicted octanol–water partition coefficient (Wildman–Crippen LogP) is 1.45. The highest BCUT2D eigenvalue weighted by Gasteiger charge is 2.08. The van der Waals surface area contributed by atoms with Crippen LogP contribution in [0.3, 0.4) is 0 Å². The van der Waals surface area contributed by atoms with E-state index in [4.69, 9.17) is 0 Å². The van der Waals surface area contributed by atoms with Gasteiger partial charge in [-0.3, -0.25) is 4.79 Å². The van der Waals surface area contributed by atoms with Gasteiger partial charge in [-0.05, 0) is 18.2 Å². The molecule has 3 rings (SSSR count). The third kappa shape index (κ3) is 2.44. The quantitative estimate of drug-likeness (QED) is 0.753. The Kier molecular flexibility index (Phi) is 3.04. The van der Waals surface area contributed by atoms with Gasteiger partial charge in [0.25, 0.3) is 5.91 Å². The number of nitrogens with zero attached hydrogens (tertiary/aromatic N) is 1. The van der Waals surface area contributed by atoms with Crippen LogP contribution in [0.1, 0.15) is 16.2 Å². The Hall–Kier alpha value is -2.89. The second-order valence-electron chi connectivity index (χ2n) is 4.23. The highest BCUT2D eigenvalue weighted by Crippen LogP contribution is 2.10. The fourth-order valence-corrected chi connectivity index (χ4v) is 1.84. The zero-order valence-corrected chi connectivity index (χ0v) is 10.4. The number of imidazole rings is 1. The Balaban J connectivity index is 1.71. The summed E-state index contributed by atoms with van der Waals surface area (Å²) < 4.78 is 4.64. The van der Waals surface area contributed by atoms with E-state index in [-0.39, 0.29) is 12.5 Å². The van der Waals surface area contributed by atoms with Crippen LogP contribution in [0, 0.1) is 0 Å². The zero-order chi connectivity index (χ0) is 13.9. The molecule has 1 aromatic carbocycles. The average Bonchev–Trinajstić information content (AvgIpc) is 2.88. The predicted molar refractivity (Wildman–Crippen MR) is 72.2 cm³/mol. The summed E-state index contributed by atoms with van der Waals surface area (Å²) in [6.45, 7) is 0.270. The summed E-state index contributed by atoms with van der Waals surface area (Å²) >= 11 is 0. The number of nitrogens with one attached hydrogen (secondary N) is 2. The number of fused-ring (bicyclic) bond motifs is 1. The molecule has 0 atom stereocenters. The molecule has 0 aliphatic heterocycles. The maximum atomic E-state index is 11.8. The number of H-pyrrole nitrogens is 1. The second kappa shape index (κ2) is 5.00. The van der Waals surface area contributed by atoms with Gasteiger partial charge in [0.2, 0.25) is 0 Å². The van der Waals surface area contributed by atoms with Gasteiger partial charge in [0.05, 0.1) is 23.1 Å². The number of aromatic amines is 1. The summed E-state index contributed by atoms with van der Waals surface area (Å²) in [4.78, 5) is 30.1. The van der Waals surface area contributed by atoms with E-state index in [0.29, 0.717) is 11.4 Å². The highest BCUT2D eigenvalue weighted by atomic mass is 16.4. The lowest BCUT2D eigenvalue weighted by atomic mass is 10.3. The van der Waals surface area contributed by atoms with Crippen LogP contribution in [0.25, 0.3) is 11.0 Å². The van der Waals surface area contributed by atoms with Gasteiger partial charge in [-0.1, -0.05) is 12.1 Å². The van der Waals surface area contributed by atoms with E-state index in [1.165, 1.54) is 12.1 Å². The van der Waals surface area contributed by atoms with E-state index < -0.39 is 5.63 Å². The normalized spacial score (nSPS) is 10.6. The monoisotopic (exact) mass is 269 g/mol. The first-order chi connectivity index (χ1) is 9.72. The SMILES string of the molecule is O=C(NCc1nc2ccccc2[nH]1)c1ccc(=O)oc1. The molecule has 6 heteroatoms. The van der Waals surface area contributed by atoms with Gasteiger partial charge < -0.3 is 14.7 Å². The smallest absolute Gasteiger partial charge is 0.335 e. The molecule has 3 aromatic rings. The first-order valence-corrected chi connectivity index (χ1v) is 6.03. The molecule has 0 fully saturated rings. The summed E-state index contributed by atoms with van der Waals surface area (Å²) in [7, 11) is 0. The van der Waals surface area contributed by atoms with Crippen molar-refractivity contribution in [1.29, 1.82) is 0 Å². The van der Waals surface area contributed by atoms with E-state index in [2.05, 4.69) is 19.7 Å². The minimum atomic E-state index is -0.487. The summed E-state index contributed by atoms with van der Waals surface area (Å²) in [5.74, 6) is 0.339. The largest absolute Gasteiger partial charge is 0.430 e. The number of carbonyl (C=O) groups is 1. The molecule has 0 unspecified atom stereocenters. The fraction of sp³-hybridized carbons (Fsp3) is 0.0714. The van der Waals surface area contributed by atoms with Crippen LogP contribution in [0.4, 0.5) is 0 Å². The number of amides is 1. The van der Waals surface area contributed by atoms with E-state index in [1.54, 1.807) is 0 Å². The van der Waals surface area contributed by atoms with Crippen molar-refractivity contribution >= 4 is 16.9 Å². The Labute approximate surface area is 113 Å². The molecule has 0 aliphatic rings. The highest BCUT2D eigenvalue weighted by molar-refractivity contribution is 5.93. The zero-order valence-electron chi connectivity index (χ0n) is 10.4. The Morgan fingerprint density at radius 2 is 2.10 bits per heavy atom. The van der Waals surface area contributed by atoms with Gasteiger partial charge in [0.15, 0.2) is 0 Å². The Morgan fingerprint density at radius 1 is 1.25 bits per heavy atom. The number of hydrogen-bond acceptors (Lipinski definition) is 4. The maximum Gasteiger partial charge on any atom is 0.335 e. The molecule has 0 saturated heterocycles. The molecule has 2 aromatic heterocycles. The van der Waals surface area contributed by atoms with Crippen molar-refractivity contribution in [2.45, 2.75) is 6.54 Å². The molecule has 0 spiro atoms. The van der Waals surface area contributed by atoms with Crippen LogP contribution in [0.2, 0.25) is 0 Å². The van der Waals surface area contributed by atoms with E-state index in [1.807, 2.05) is 24.3 Å². The molecule has 2 heterocycles. The van der Waals surface area contributed by atoms with Crippen LogP contribution < -0.4 is 10.9 Å². The molecule has 0 aliphatic carbocycles. The number of hydrogen-bond donors (Lipinski definition) is 2. The molecule has 2 N–H and O–H groups in total. The van der Waals surface area contributed by atoms with Crippen molar-refractivity contribution in [2.24, 2.45) is 0 Å². The minimum absolute atomic E-state index is 0.270. The molecule has 20 heavy (non-hydrogen) atoms. The second-order valence-corrected chi connectivity index (χ2v) is 4.23. The van der Waals surface area contributed by atoms with Crippen LogP contribution in [-0.4, -0.2) is 15.9 Å². The van der Waals surface area contributed by atoms with Crippen molar-refractivity contribution < 1.29 is 9.21 Å². The van der Waals surface area contributed by atoms with Crippen LogP contribution in [0.15, 0.2) is 51.9 Å². The molecule has 100 valence electrons. The summed E-state index contributed by atoms with van der Waals surface area (Å²) in [6, 6.07) is 10.2. The van der Waals surface area contributed by atoms with E-state index >= 15 is 0 Å². The lowest BCUT2D eigenvalue weighted by Crippen LogP contribution is -2.23. The number of carbonyl (C=O) groups excluding carboxylic acids is 1. The molecule has 0 bridgehead atoms. The van der Waals surface area contributed by atoms with Gasteiger partial charge in [-0.15, -0.1) is 0 Å². The third-order valence-electron chi connectivity index (χ3n) is 2.82. The standard InChI is InChI=1S/C14H11N3O3/c18-13-6-5-9(8-20-13)14(19)15-7-12-16-10-3-1-2-4-11(10)17-12/h1-6,8H,7H2,(H,15,19)(H,16,17). The lowest BCUT2D eigenvalue weighted by Gasteiger charge is -2.01. The van der Waals surface area contributed by atoms with Crippen molar-refractivity contribution in [3.05, 3.63) is 64.5 Å². The summed E-state index contributed by atoms with van der Waals surface area (Å²) in [5.41, 5.74) is 1.57. The van der Waals surface area contributed by atoms with Gasteiger partial charge in [0, 0.05) is 6.07 Å². The Morgan fingerprint density at radius 3 is 2.85 bits per heavy atom. The molecular formula is C14H11N3O3. The average molecular weight is 269 g/mol. The minimum Gasteiger partial charge on any atom is -0.430 e. The van der Waals surface area contributed by atoms with E-state index in [9.17, 15) is 9.59 Å². The van der Waals surface area contributed by atoms with Crippen LogP contribution in [0.5, 0.6) is 0 Å². The molecule has 6 nitrogen and oxygen atoms in total. The van der Waals surface area contributed by atoms with Crippen LogP contribution in [-0.2, 0) is 6.54 Å². The van der Waals surface area contributed by atoms with Gasteiger partial charge in [-0.25, -0.2) is 9.78 Å². The van der Waals surface area contributed by atoms with Crippen molar-refractivity contribution in [2.75, 3.05) is 0 Å². The molecule has 0 radical (unpaired) electrons. The number of rotatable bonds is 3. The molecular weight excluding hydrogens is 258 g/mol. The molecule has 0 saturated carbocycles. The summed E-state index contributed by atoms with van der Waals surface area (Å²) in [6.07, 6.45) is 1.14. The number of aromatic nitrogens is 2. The van der Waals surface area contributed by atoms with Gasteiger partial charge in [0.1, 0.15) is 12.1 Å². The topological polar surface area (TPSA) is 88.0 Å². The first-order valence-electron chi connectivity index (χ1n) is 6.03. The van der Waals surface area contributed by atoms with Gasteiger partial charge in [-0.2, -0.15) is 0 Å². The van der Waals surface area contributed by atoms with Gasteiger partial charge >= 0.3 is 5.63 Å². The maximum absolute atomic E-state index is 11.8. The molecule has 1 amide bonds. The lowest BCUT2D eigenvalue weighted by molar-refractivity contribution is 0.0947.